The van der Waals surface area contributed by atoms with Crippen LogP contribution in [-0.2, 0) is 7.05 Å². The first-order chi connectivity index (χ1) is 8.22. The molecule has 1 aromatic carbocycles. The molecule has 90 valence electrons. The fraction of sp³-hybridized carbons (Fsp3) is 0.250. The molecule has 0 saturated carbocycles. The number of imidazole rings is 1. The molecule has 4 nitrogen and oxygen atoms in total. The number of nitrogens with one attached hydrogen (secondary N) is 1. The Kier molecular flexibility index (Phi) is 3.81. The Bertz CT molecular complexity index is 495. The largest absolute Gasteiger partial charge is 0.375 e. The van der Waals surface area contributed by atoms with E-state index in [1.165, 1.54) is 0 Å². The molecule has 0 aliphatic rings. The van der Waals surface area contributed by atoms with Crippen molar-refractivity contribution in [2.24, 2.45) is 12.8 Å². The van der Waals surface area contributed by atoms with Gasteiger partial charge in [-0.2, -0.15) is 0 Å². The predicted molar refractivity (Wildman–Crippen MR) is 72.8 cm³/mol. The number of benzene rings is 1. The Morgan fingerprint density at radius 2 is 2.24 bits per heavy atom. The van der Waals surface area contributed by atoms with Gasteiger partial charge in [-0.1, -0.05) is 12.1 Å². The van der Waals surface area contributed by atoms with Crippen molar-refractivity contribution in [2.75, 3.05) is 11.9 Å². The molecule has 1 heterocycles. The lowest BCUT2D eigenvalue weighted by Gasteiger charge is -2.19. The second-order valence-electron chi connectivity index (χ2n) is 3.84. The average molecular weight is 295 g/mol. The molecule has 2 rings (SSSR count). The summed E-state index contributed by atoms with van der Waals surface area (Å²) in [7, 11) is 1.96. The van der Waals surface area contributed by atoms with Gasteiger partial charge in [0.05, 0.1) is 24.3 Å². The predicted octanol–water partition coefficient (Wildman–Crippen LogP) is 2.29. The van der Waals surface area contributed by atoms with Gasteiger partial charge < -0.3 is 15.6 Å². The number of rotatable bonds is 4. The molecular formula is C12H15BrN4. The second kappa shape index (κ2) is 5.33. The molecule has 0 bridgehead atoms. The molecule has 1 aromatic heterocycles. The number of aromatic nitrogens is 2. The van der Waals surface area contributed by atoms with Crippen molar-refractivity contribution in [2.45, 2.75) is 6.04 Å². The number of anilines is 1. The van der Waals surface area contributed by atoms with Crippen LogP contribution >= 0.6 is 15.9 Å². The fourth-order valence-electron chi connectivity index (χ4n) is 1.72. The summed E-state index contributed by atoms with van der Waals surface area (Å²) in [6.45, 7) is 0.515. The smallest absolute Gasteiger partial charge is 0.0946 e. The molecular weight excluding hydrogens is 280 g/mol. The van der Waals surface area contributed by atoms with E-state index in [0.29, 0.717) is 6.54 Å². The third-order valence-electron chi connectivity index (χ3n) is 2.65. The maximum atomic E-state index is 5.81. The molecule has 0 fully saturated rings. The Morgan fingerprint density at radius 1 is 1.47 bits per heavy atom. The van der Waals surface area contributed by atoms with Crippen molar-refractivity contribution >= 4 is 21.6 Å². The van der Waals surface area contributed by atoms with Gasteiger partial charge in [-0.05, 0) is 28.1 Å². The summed E-state index contributed by atoms with van der Waals surface area (Å²) in [5, 5.41) is 3.41. The average Bonchev–Trinajstić information content (AvgIpc) is 2.75. The number of para-hydroxylation sites is 1. The SMILES string of the molecule is Cn1cncc1C(CN)Nc1ccccc1Br. The first-order valence-electron chi connectivity index (χ1n) is 5.39. The van der Waals surface area contributed by atoms with Gasteiger partial charge in [0.15, 0.2) is 0 Å². The van der Waals surface area contributed by atoms with E-state index < -0.39 is 0 Å². The molecule has 1 atom stereocenters. The van der Waals surface area contributed by atoms with Gasteiger partial charge >= 0.3 is 0 Å². The third kappa shape index (κ3) is 2.68. The number of nitrogens with zero attached hydrogens (tertiary/aromatic N) is 2. The van der Waals surface area contributed by atoms with Crippen LogP contribution in [-0.4, -0.2) is 16.1 Å². The lowest BCUT2D eigenvalue weighted by Crippen LogP contribution is -2.22. The van der Waals surface area contributed by atoms with Gasteiger partial charge in [-0.25, -0.2) is 4.98 Å². The molecule has 0 radical (unpaired) electrons. The molecule has 2 aromatic rings. The maximum Gasteiger partial charge on any atom is 0.0946 e. The van der Waals surface area contributed by atoms with Crippen molar-refractivity contribution < 1.29 is 0 Å². The molecule has 0 amide bonds. The molecule has 3 N–H and O–H groups in total. The number of halogens is 1. The molecule has 0 spiro atoms. The Balaban J connectivity index is 2.22. The monoisotopic (exact) mass is 294 g/mol. The van der Waals surface area contributed by atoms with Gasteiger partial charge in [0.25, 0.3) is 0 Å². The summed E-state index contributed by atoms with van der Waals surface area (Å²) in [6.07, 6.45) is 3.61. The highest BCUT2D eigenvalue weighted by Gasteiger charge is 2.13. The van der Waals surface area contributed by atoms with Crippen LogP contribution in [0.4, 0.5) is 5.69 Å². The zero-order chi connectivity index (χ0) is 12.3. The molecule has 0 aliphatic heterocycles. The first kappa shape index (κ1) is 12.1. The van der Waals surface area contributed by atoms with Gasteiger partial charge in [-0.3, -0.25) is 0 Å². The molecule has 0 saturated heterocycles. The second-order valence-corrected chi connectivity index (χ2v) is 4.70. The zero-order valence-corrected chi connectivity index (χ0v) is 11.2. The molecule has 1 unspecified atom stereocenters. The van der Waals surface area contributed by atoms with Gasteiger partial charge in [-0.15, -0.1) is 0 Å². The summed E-state index contributed by atoms with van der Waals surface area (Å²) in [5.41, 5.74) is 7.92. The van der Waals surface area contributed by atoms with Crippen LogP contribution in [0.1, 0.15) is 11.7 Å². The van der Waals surface area contributed by atoms with E-state index in [4.69, 9.17) is 5.73 Å². The van der Waals surface area contributed by atoms with Crippen LogP contribution in [0.2, 0.25) is 0 Å². The van der Waals surface area contributed by atoms with E-state index in [2.05, 4.69) is 26.2 Å². The standard InChI is InChI=1S/C12H15BrN4/c1-17-8-15-7-12(17)11(6-14)16-10-5-3-2-4-9(10)13/h2-5,7-8,11,16H,6,14H2,1H3. The van der Waals surface area contributed by atoms with E-state index in [9.17, 15) is 0 Å². The Hall–Kier alpha value is -1.33. The first-order valence-corrected chi connectivity index (χ1v) is 6.19. The fourth-order valence-corrected chi connectivity index (χ4v) is 2.12. The van der Waals surface area contributed by atoms with Crippen LogP contribution in [0, 0.1) is 0 Å². The number of hydrogen-bond acceptors (Lipinski definition) is 3. The minimum atomic E-state index is 0.0567. The Morgan fingerprint density at radius 3 is 2.82 bits per heavy atom. The molecule has 17 heavy (non-hydrogen) atoms. The lowest BCUT2D eigenvalue weighted by atomic mass is 10.2. The Labute approximate surface area is 109 Å². The van der Waals surface area contributed by atoms with Gasteiger partial charge in [0.1, 0.15) is 0 Å². The van der Waals surface area contributed by atoms with Crippen molar-refractivity contribution in [3.8, 4) is 0 Å². The van der Waals surface area contributed by atoms with Gasteiger partial charge in [0.2, 0.25) is 0 Å². The van der Waals surface area contributed by atoms with Crippen LogP contribution in [0.3, 0.4) is 0 Å². The molecule has 5 heteroatoms. The minimum absolute atomic E-state index is 0.0567. The highest BCUT2D eigenvalue weighted by atomic mass is 79.9. The number of nitrogens with two attached hydrogens (primary N) is 1. The summed E-state index contributed by atoms with van der Waals surface area (Å²) in [5.74, 6) is 0. The van der Waals surface area contributed by atoms with Crippen molar-refractivity contribution in [1.29, 1.82) is 0 Å². The summed E-state index contributed by atoms with van der Waals surface area (Å²) in [6, 6.07) is 8.05. The normalized spacial score (nSPS) is 12.4. The lowest BCUT2D eigenvalue weighted by molar-refractivity contribution is 0.705. The summed E-state index contributed by atoms with van der Waals surface area (Å²) in [4.78, 5) is 4.11. The topological polar surface area (TPSA) is 55.9 Å². The summed E-state index contributed by atoms with van der Waals surface area (Å²) < 4.78 is 3.00. The van der Waals surface area contributed by atoms with E-state index >= 15 is 0 Å². The van der Waals surface area contributed by atoms with Gasteiger partial charge in [0, 0.05) is 23.8 Å². The van der Waals surface area contributed by atoms with E-state index in [1.807, 2.05) is 42.1 Å². The quantitative estimate of drug-likeness (QED) is 0.910. The number of aryl methyl sites for hydroxylation is 1. The zero-order valence-electron chi connectivity index (χ0n) is 9.60. The van der Waals surface area contributed by atoms with Crippen LogP contribution < -0.4 is 11.1 Å². The minimum Gasteiger partial charge on any atom is -0.375 e. The van der Waals surface area contributed by atoms with Crippen molar-refractivity contribution in [3.63, 3.8) is 0 Å². The molecule has 0 aliphatic carbocycles. The number of hydrogen-bond donors (Lipinski definition) is 2. The van der Waals surface area contributed by atoms with E-state index in [1.54, 1.807) is 6.33 Å². The van der Waals surface area contributed by atoms with Crippen LogP contribution in [0.15, 0.2) is 41.3 Å². The van der Waals surface area contributed by atoms with Crippen molar-refractivity contribution in [1.82, 2.24) is 9.55 Å². The van der Waals surface area contributed by atoms with Crippen LogP contribution in [0.5, 0.6) is 0 Å². The third-order valence-corrected chi connectivity index (χ3v) is 3.34. The summed E-state index contributed by atoms with van der Waals surface area (Å²) >= 11 is 3.51. The maximum absolute atomic E-state index is 5.81. The highest BCUT2D eigenvalue weighted by molar-refractivity contribution is 9.10. The van der Waals surface area contributed by atoms with E-state index in [0.717, 1.165) is 15.9 Å². The van der Waals surface area contributed by atoms with Crippen molar-refractivity contribution in [3.05, 3.63) is 47.0 Å². The van der Waals surface area contributed by atoms with Crippen LogP contribution in [0.25, 0.3) is 0 Å². The highest BCUT2D eigenvalue weighted by Crippen LogP contribution is 2.25. The van der Waals surface area contributed by atoms with E-state index in [-0.39, 0.29) is 6.04 Å².